The lowest BCUT2D eigenvalue weighted by Gasteiger charge is -2.27. The van der Waals surface area contributed by atoms with Gasteiger partial charge in [-0.3, -0.25) is 4.79 Å². The van der Waals surface area contributed by atoms with Gasteiger partial charge in [0.1, 0.15) is 6.54 Å². The van der Waals surface area contributed by atoms with Crippen LogP contribution in [0.1, 0.15) is 43.9 Å². The van der Waals surface area contributed by atoms with Crippen molar-refractivity contribution in [2.24, 2.45) is 0 Å². The van der Waals surface area contributed by atoms with E-state index >= 15 is 0 Å². The number of hydrogen-bond donors (Lipinski definition) is 1. The van der Waals surface area contributed by atoms with Crippen molar-refractivity contribution >= 4 is 34.6 Å². The Morgan fingerprint density at radius 2 is 2.12 bits per heavy atom. The molecule has 1 aliphatic heterocycles. The third kappa shape index (κ3) is 8.01. The summed E-state index contributed by atoms with van der Waals surface area (Å²) in [5.74, 6) is -0.268. The smallest absolute Gasteiger partial charge is 0.325 e. The Labute approximate surface area is 166 Å². The van der Waals surface area contributed by atoms with Gasteiger partial charge in [0.25, 0.3) is 0 Å². The molecule has 1 saturated heterocycles. The number of carbonyl (C=O) groups excluding carboxylic acids is 1. The van der Waals surface area contributed by atoms with Crippen molar-refractivity contribution in [1.82, 2.24) is 15.1 Å². The minimum Gasteiger partial charge on any atom is -0.465 e. The molecule has 0 unspecified atom stereocenters. The molecule has 5 nitrogen and oxygen atoms in total. The first-order valence-electron chi connectivity index (χ1n) is 9.62. The first kappa shape index (κ1) is 21.1. The summed E-state index contributed by atoms with van der Waals surface area (Å²) in [7, 11) is 0. The first-order chi connectivity index (χ1) is 12.7. The van der Waals surface area contributed by atoms with E-state index in [2.05, 4.69) is 32.6 Å². The van der Waals surface area contributed by atoms with E-state index < -0.39 is 0 Å². The third-order valence-corrected chi connectivity index (χ3v) is 5.77. The van der Waals surface area contributed by atoms with Gasteiger partial charge in [0.2, 0.25) is 0 Å². The highest BCUT2D eigenvalue weighted by atomic mass is 32.1. The van der Waals surface area contributed by atoms with Crippen molar-refractivity contribution in [2.75, 3.05) is 39.3 Å². The Bertz CT molecular complexity index is 529. The van der Waals surface area contributed by atoms with E-state index in [4.69, 9.17) is 17.0 Å². The summed E-state index contributed by atoms with van der Waals surface area (Å²) in [6.07, 6.45) is 6.44. The van der Waals surface area contributed by atoms with Crippen LogP contribution in [0, 0.1) is 0 Å². The first-order valence-corrected chi connectivity index (χ1v) is 10.9. The lowest BCUT2D eigenvalue weighted by atomic mass is 10.2. The summed E-state index contributed by atoms with van der Waals surface area (Å²) >= 11 is 7.28. The number of rotatable bonds is 9. The molecule has 2 rings (SSSR count). The van der Waals surface area contributed by atoms with Crippen molar-refractivity contribution in [3.05, 3.63) is 22.4 Å². The van der Waals surface area contributed by atoms with Crippen LogP contribution in [-0.2, 0) is 16.1 Å². The van der Waals surface area contributed by atoms with Gasteiger partial charge in [-0.1, -0.05) is 18.9 Å². The second-order valence-corrected chi connectivity index (χ2v) is 7.99. The van der Waals surface area contributed by atoms with Crippen LogP contribution in [0.3, 0.4) is 0 Å². The fraction of sp³-hybridized carbons (Fsp3) is 0.684. The molecule has 0 bridgehead atoms. The summed E-state index contributed by atoms with van der Waals surface area (Å²) in [5, 5.41) is 5.76. The molecule has 0 amide bonds. The zero-order chi connectivity index (χ0) is 18.6. The average molecular weight is 398 g/mol. The van der Waals surface area contributed by atoms with Crippen LogP contribution >= 0.6 is 23.6 Å². The van der Waals surface area contributed by atoms with Crippen molar-refractivity contribution in [1.29, 1.82) is 0 Å². The molecule has 1 aromatic heterocycles. The Hall–Kier alpha value is -1.18. The summed E-state index contributed by atoms with van der Waals surface area (Å²) in [4.78, 5) is 17.6. The van der Waals surface area contributed by atoms with Crippen molar-refractivity contribution in [2.45, 2.75) is 45.6 Å². The van der Waals surface area contributed by atoms with Gasteiger partial charge < -0.3 is 19.9 Å². The summed E-state index contributed by atoms with van der Waals surface area (Å²) in [6.45, 7) is 7.55. The van der Waals surface area contributed by atoms with Crippen molar-refractivity contribution in [3.63, 3.8) is 0 Å². The zero-order valence-electron chi connectivity index (χ0n) is 15.7. The largest absolute Gasteiger partial charge is 0.465 e. The van der Waals surface area contributed by atoms with Gasteiger partial charge in [-0.05, 0) is 69.5 Å². The number of esters is 1. The molecule has 0 saturated carbocycles. The van der Waals surface area contributed by atoms with Gasteiger partial charge in [0, 0.05) is 11.4 Å². The maximum absolute atomic E-state index is 11.6. The maximum Gasteiger partial charge on any atom is 0.325 e. The molecule has 0 aliphatic carbocycles. The second-order valence-electron chi connectivity index (χ2n) is 6.57. The molecule has 26 heavy (non-hydrogen) atoms. The molecular formula is C19H31N3O2S2. The monoisotopic (exact) mass is 397 g/mol. The Morgan fingerprint density at radius 1 is 1.35 bits per heavy atom. The minimum atomic E-state index is -0.268. The second kappa shape index (κ2) is 12.3. The maximum atomic E-state index is 11.6. The summed E-state index contributed by atoms with van der Waals surface area (Å²) in [6, 6.07) is 4.19. The van der Waals surface area contributed by atoms with E-state index in [1.807, 2.05) is 6.92 Å². The Morgan fingerprint density at radius 3 is 2.77 bits per heavy atom. The standard InChI is InChI=1S/C19H31N3O2S2/c1-2-24-18(23)15-20-19(25)22(16-17-9-7-14-26-17)13-8-12-21-10-5-3-4-6-11-21/h7,9,14H,2-6,8,10-13,15-16H2,1H3,(H,20,25). The number of hydrogen-bond acceptors (Lipinski definition) is 5. The molecule has 0 spiro atoms. The van der Waals surface area contributed by atoms with Gasteiger partial charge in [-0.15, -0.1) is 11.3 Å². The summed E-state index contributed by atoms with van der Waals surface area (Å²) in [5.41, 5.74) is 0. The van der Waals surface area contributed by atoms with E-state index in [1.54, 1.807) is 11.3 Å². The van der Waals surface area contributed by atoms with Gasteiger partial charge in [0.15, 0.2) is 5.11 Å². The highest BCUT2D eigenvalue weighted by Crippen LogP contribution is 2.14. The zero-order valence-corrected chi connectivity index (χ0v) is 17.4. The lowest BCUT2D eigenvalue weighted by molar-refractivity contribution is -0.141. The van der Waals surface area contributed by atoms with E-state index in [0.29, 0.717) is 11.7 Å². The molecule has 1 N–H and O–H groups in total. The minimum absolute atomic E-state index is 0.125. The summed E-state index contributed by atoms with van der Waals surface area (Å²) < 4.78 is 4.97. The highest BCUT2D eigenvalue weighted by molar-refractivity contribution is 7.80. The van der Waals surface area contributed by atoms with E-state index in [-0.39, 0.29) is 12.5 Å². The molecule has 1 aliphatic rings. The molecule has 146 valence electrons. The number of thiophene rings is 1. The van der Waals surface area contributed by atoms with Gasteiger partial charge in [0.05, 0.1) is 13.2 Å². The normalized spacial score (nSPS) is 15.3. The highest BCUT2D eigenvalue weighted by Gasteiger charge is 2.14. The number of nitrogens with zero attached hydrogens (tertiary/aromatic N) is 2. The predicted octanol–water partition coefficient (Wildman–Crippen LogP) is 3.25. The number of thiocarbonyl (C=S) groups is 1. The van der Waals surface area contributed by atoms with Gasteiger partial charge in [-0.2, -0.15) is 0 Å². The number of nitrogens with one attached hydrogen (secondary N) is 1. The molecular weight excluding hydrogens is 366 g/mol. The average Bonchev–Trinajstić information content (AvgIpc) is 3.01. The van der Waals surface area contributed by atoms with Gasteiger partial charge in [-0.25, -0.2) is 0 Å². The molecule has 2 heterocycles. The topological polar surface area (TPSA) is 44.8 Å². The molecule has 1 fully saturated rings. The molecule has 0 aromatic carbocycles. The van der Waals surface area contributed by atoms with Crippen LogP contribution in [0.4, 0.5) is 0 Å². The third-order valence-electron chi connectivity index (χ3n) is 4.50. The Balaban J connectivity index is 1.81. The molecule has 0 atom stereocenters. The van der Waals surface area contributed by atoms with Crippen LogP contribution in [0.2, 0.25) is 0 Å². The van der Waals surface area contributed by atoms with E-state index in [0.717, 1.165) is 26.1 Å². The fourth-order valence-electron chi connectivity index (χ4n) is 3.16. The SMILES string of the molecule is CCOC(=O)CNC(=S)N(CCCN1CCCCCC1)Cc1cccs1. The van der Waals surface area contributed by atoms with Crippen LogP contribution in [-0.4, -0.2) is 60.2 Å². The van der Waals surface area contributed by atoms with Crippen LogP contribution in [0.15, 0.2) is 17.5 Å². The fourth-order valence-corrected chi connectivity index (χ4v) is 4.11. The predicted molar refractivity (Wildman–Crippen MR) is 111 cm³/mol. The Kier molecular flexibility index (Phi) is 9.95. The lowest BCUT2D eigenvalue weighted by Crippen LogP contribution is -2.42. The van der Waals surface area contributed by atoms with Crippen molar-refractivity contribution < 1.29 is 9.53 Å². The quantitative estimate of drug-likeness (QED) is 0.510. The van der Waals surface area contributed by atoms with E-state index in [9.17, 15) is 4.79 Å². The molecule has 1 aromatic rings. The number of likely N-dealkylation sites (tertiary alicyclic amines) is 1. The van der Waals surface area contributed by atoms with Crippen LogP contribution in [0.25, 0.3) is 0 Å². The number of carbonyl (C=O) groups is 1. The van der Waals surface area contributed by atoms with Crippen LogP contribution in [0.5, 0.6) is 0 Å². The van der Waals surface area contributed by atoms with Crippen LogP contribution < -0.4 is 5.32 Å². The van der Waals surface area contributed by atoms with Gasteiger partial charge >= 0.3 is 5.97 Å². The molecule has 0 radical (unpaired) electrons. The molecule has 7 heteroatoms. The number of ether oxygens (including phenoxy) is 1. The van der Waals surface area contributed by atoms with Crippen molar-refractivity contribution in [3.8, 4) is 0 Å². The van der Waals surface area contributed by atoms with E-state index in [1.165, 1.54) is 43.6 Å².